The maximum atomic E-state index is 12.2. The van der Waals surface area contributed by atoms with E-state index in [1.807, 2.05) is 38.3 Å². The molecule has 0 aromatic carbocycles. The molecule has 1 atom stereocenters. The molecule has 1 fully saturated rings. The van der Waals surface area contributed by atoms with Crippen LogP contribution in [0.3, 0.4) is 0 Å². The Balaban J connectivity index is 1.99. The van der Waals surface area contributed by atoms with Crippen LogP contribution < -0.4 is 5.32 Å². The van der Waals surface area contributed by atoms with Crippen LogP contribution in [-0.2, 0) is 22.2 Å². The second kappa shape index (κ2) is 6.37. The molecule has 112 valence electrons. The highest BCUT2D eigenvalue weighted by atomic mass is 16.5. The third kappa shape index (κ3) is 3.37. The quantitative estimate of drug-likeness (QED) is 0.798. The molecule has 0 radical (unpaired) electrons. The maximum absolute atomic E-state index is 12.2. The van der Waals surface area contributed by atoms with Gasteiger partial charge in [-0.3, -0.25) is 9.48 Å². The molecule has 0 spiro atoms. The lowest BCUT2D eigenvalue weighted by atomic mass is 9.96. The minimum absolute atomic E-state index is 0.207. The van der Waals surface area contributed by atoms with Crippen LogP contribution in [0.5, 0.6) is 0 Å². The van der Waals surface area contributed by atoms with Gasteiger partial charge in [0.1, 0.15) is 5.60 Å². The summed E-state index contributed by atoms with van der Waals surface area (Å²) in [5, 5.41) is 7.26. The predicted octanol–water partition coefficient (Wildman–Crippen LogP) is 0.494. The van der Waals surface area contributed by atoms with E-state index in [1.54, 1.807) is 4.68 Å². The Morgan fingerprint density at radius 2 is 2.40 bits per heavy atom. The number of carbonyl (C=O) groups excluding carboxylic acids is 1. The van der Waals surface area contributed by atoms with Gasteiger partial charge in [0, 0.05) is 31.8 Å². The molecule has 1 N–H and O–H groups in total. The molecule has 2 rings (SSSR count). The number of amides is 1. The van der Waals surface area contributed by atoms with Crippen molar-refractivity contribution in [1.82, 2.24) is 20.0 Å². The molecule has 2 heterocycles. The molecule has 0 aliphatic carbocycles. The van der Waals surface area contributed by atoms with E-state index in [0.29, 0.717) is 26.1 Å². The molecule has 1 saturated heterocycles. The summed E-state index contributed by atoms with van der Waals surface area (Å²) in [5.41, 5.74) is 0.568. The SMILES string of the molecule is CNCCCC(=O)N1CCOC(C)(c2cnn(C)c2)C1. The van der Waals surface area contributed by atoms with Gasteiger partial charge in [-0.05, 0) is 26.9 Å². The van der Waals surface area contributed by atoms with Crippen molar-refractivity contribution >= 4 is 5.91 Å². The topological polar surface area (TPSA) is 59.4 Å². The monoisotopic (exact) mass is 280 g/mol. The van der Waals surface area contributed by atoms with Gasteiger partial charge in [-0.15, -0.1) is 0 Å². The van der Waals surface area contributed by atoms with Crippen molar-refractivity contribution in [3.8, 4) is 0 Å². The van der Waals surface area contributed by atoms with Crippen LogP contribution in [0.4, 0.5) is 0 Å². The zero-order valence-electron chi connectivity index (χ0n) is 12.6. The molecule has 1 aliphatic heterocycles. The third-order valence-electron chi connectivity index (χ3n) is 3.76. The van der Waals surface area contributed by atoms with Crippen LogP contribution in [-0.4, -0.2) is 53.9 Å². The summed E-state index contributed by atoms with van der Waals surface area (Å²) >= 11 is 0. The highest BCUT2D eigenvalue weighted by Crippen LogP contribution is 2.29. The molecule has 1 aliphatic rings. The summed E-state index contributed by atoms with van der Waals surface area (Å²) < 4.78 is 7.67. The van der Waals surface area contributed by atoms with E-state index in [-0.39, 0.29) is 5.91 Å². The van der Waals surface area contributed by atoms with E-state index in [1.165, 1.54) is 0 Å². The molecule has 1 aromatic heterocycles. The number of aryl methyl sites for hydroxylation is 1. The van der Waals surface area contributed by atoms with Crippen LogP contribution in [0.1, 0.15) is 25.3 Å². The number of carbonyl (C=O) groups is 1. The Labute approximate surface area is 120 Å². The fourth-order valence-electron chi connectivity index (χ4n) is 2.53. The summed E-state index contributed by atoms with van der Waals surface area (Å²) in [4.78, 5) is 14.1. The lowest BCUT2D eigenvalue weighted by Crippen LogP contribution is -2.50. The number of ether oxygens (including phenoxy) is 1. The van der Waals surface area contributed by atoms with E-state index in [0.717, 1.165) is 18.5 Å². The van der Waals surface area contributed by atoms with Gasteiger partial charge in [0.2, 0.25) is 5.91 Å². The van der Waals surface area contributed by atoms with Crippen LogP contribution >= 0.6 is 0 Å². The Hall–Kier alpha value is -1.40. The second-order valence-corrected chi connectivity index (χ2v) is 5.50. The first kappa shape index (κ1) is 15.0. The van der Waals surface area contributed by atoms with Gasteiger partial charge in [-0.25, -0.2) is 0 Å². The summed E-state index contributed by atoms with van der Waals surface area (Å²) in [6.07, 6.45) is 5.23. The van der Waals surface area contributed by atoms with Crippen LogP contribution in [0.2, 0.25) is 0 Å². The highest BCUT2D eigenvalue weighted by molar-refractivity contribution is 5.76. The summed E-state index contributed by atoms with van der Waals surface area (Å²) in [5.74, 6) is 0.207. The average molecular weight is 280 g/mol. The molecule has 0 bridgehead atoms. The minimum atomic E-state index is -0.453. The fraction of sp³-hybridized carbons (Fsp3) is 0.714. The van der Waals surface area contributed by atoms with Crippen molar-refractivity contribution in [2.75, 3.05) is 33.3 Å². The van der Waals surface area contributed by atoms with E-state index >= 15 is 0 Å². The van der Waals surface area contributed by atoms with Crippen molar-refractivity contribution in [1.29, 1.82) is 0 Å². The van der Waals surface area contributed by atoms with Crippen molar-refractivity contribution in [3.63, 3.8) is 0 Å². The smallest absolute Gasteiger partial charge is 0.222 e. The molecule has 1 aromatic rings. The van der Waals surface area contributed by atoms with Crippen molar-refractivity contribution in [2.45, 2.75) is 25.4 Å². The molecular formula is C14H24N4O2. The first-order chi connectivity index (χ1) is 9.55. The van der Waals surface area contributed by atoms with Gasteiger partial charge >= 0.3 is 0 Å². The van der Waals surface area contributed by atoms with Gasteiger partial charge in [0.05, 0.1) is 19.3 Å². The van der Waals surface area contributed by atoms with Crippen molar-refractivity contribution < 1.29 is 9.53 Å². The van der Waals surface area contributed by atoms with Crippen LogP contribution in [0, 0.1) is 0 Å². The van der Waals surface area contributed by atoms with Gasteiger partial charge in [0.25, 0.3) is 0 Å². The van der Waals surface area contributed by atoms with E-state index in [9.17, 15) is 4.79 Å². The number of morpholine rings is 1. The number of hydrogen-bond acceptors (Lipinski definition) is 4. The maximum Gasteiger partial charge on any atom is 0.222 e. The van der Waals surface area contributed by atoms with Crippen molar-refractivity contribution in [3.05, 3.63) is 18.0 Å². The molecule has 6 heteroatoms. The summed E-state index contributed by atoms with van der Waals surface area (Å²) in [6, 6.07) is 0. The fourth-order valence-corrected chi connectivity index (χ4v) is 2.53. The molecule has 20 heavy (non-hydrogen) atoms. The van der Waals surface area contributed by atoms with Gasteiger partial charge in [-0.2, -0.15) is 5.10 Å². The number of nitrogens with one attached hydrogen (secondary N) is 1. The first-order valence-corrected chi connectivity index (χ1v) is 7.10. The zero-order chi connectivity index (χ0) is 14.6. The van der Waals surface area contributed by atoms with E-state index in [2.05, 4.69) is 10.4 Å². The Bertz CT molecular complexity index is 460. The lowest BCUT2D eigenvalue weighted by molar-refractivity contribution is -0.149. The molecule has 6 nitrogen and oxygen atoms in total. The number of nitrogens with zero attached hydrogens (tertiary/aromatic N) is 3. The van der Waals surface area contributed by atoms with Crippen LogP contribution in [0.15, 0.2) is 12.4 Å². The first-order valence-electron chi connectivity index (χ1n) is 7.10. The van der Waals surface area contributed by atoms with Crippen molar-refractivity contribution in [2.24, 2.45) is 7.05 Å². The Morgan fingerprint density at radius 3 is 3.05 bits per heavy atom. The number of aromatic nitrogens is 2. The van der Waals surface area contributed by atoms with Gasteiger partial charge in [-0.1, -0.05) is 0 Å². The lowest BCUT2D eigenvalue weighted by Gasteiger charge is -2.40. The molecular weight excluding hydrogens is 256 g/mol. The van der Waals surface area contributed by atoms with Gasteiger partial charge in [0.15, 0.2) is 0 Å². The normalized spacial score (nSPS) is 23.1. The minimum Gasteiger partial charge on any atom is -0.367 e. The molecule has 1 amide bonds. The Kier molecular flexibility index (Phi) is 4.77. The number of hydrogen-bond donors (Lipinski definition) is 1. The van der Waals surface area contributed by atoms with E-state index < -0.39 is 5.60 Å². The highest BCUT2D eigenvalue weighted by Gasteiger charge is 2.36. The molecule has 0 saturated carbocycles. The summed E-state index contributed by atoms with van der Waals surface area (Å²) in [7, 11) is 3.79. The van der Waals surface area contributed by atoms with E-state index in [4.69, 9.17) is 4.74 Å². The molecule has 1 unspecified atom stereocenters. The van der Waals surface area contributed by atoms with Gasteiger partial charge < -0.3 is 15.0 Å². The van der Waals surface area contributed by atoms with Crippen LogP contribution in [0.25, 0.3) is 0 Å². The second-order valence-electron chi connectivity index (χ2n) is 5.50. The summed E-state index contributed by atoms with van der Waals surface area (Å²) in [6.45, 7) is 4.74. The third-order valence-corrected chi connectivity index (χ3v) is 3.76. The largest absolute Gasteiger partial charge is 0.367 e. The predicted molar refractivity (Wildman–Crippen MR) is 76.3 cm³/mol. The zero-order valence-corrected chi connectivity index (χ0v) is 12.6. The average Bonchev–Trinajstić information content (AvgIpc) is 2.86. The number of rotatable bonds is 5. The standard InChI is InChI=1S/C14H24N4O2/c1-14(12-9-16-17(3)10-12)11-18(7-8-20-14)13(19)5-4-6-15-2/h9-10,15H,4-8,11H2,1-3H3. The Morgan fingerprint density at radius 1 is 1.60 bits per heavy atom.